The molecule has 0 saturated heterocycles. The van der Waals surface area contributed by atoms with Gasteiger partial charge in [-0.3, -0.25) is 0 Å². The van der Waals surface area contributed by atoms with Gasteiger partial charge in [0, 0.05) is 0 Å². The molecular formula is C14H16F2O. The van der Waals surface area contributed by atoms with E-state index < -0.39 is 11.6 Å². The highest BCUT2D eigenvalue weighted by molar-refractivity contribution is 5.33. The fourth-order valence-electron chi connectivity index (χ4n) is 2.46. The first-order valence-corrected chi connectivity index (χ1v) is 5.99. The summed E-state index contributed by atoms with van der Waals surface area (Å²) in [5, 5.41) is 0. The summed E-state index contributed by atoms with van der Waals surface area (Å²) in [7, 11) is 0. The first kappa shape index (κ1) is 12.1. The normalized spacial score (nSPS) is 16.8. The lowest BCUT2D eigenvalue weighted by molar-refractivity contribution is 0.393. The molecule has 17 heavy (non-hydrogen) atoms. The zero-order chi connectivity index (χ0) is 12.3. The van der Waals surface area contributed by atoms with Gasteiger partial charge in [0.15, 0.2) is 11.6 Å². The zero-order valence-electron chi connectivity index (χ0n) is 9.72. The van der Waals surface area contributed by atoms with Crippen LogP contribution in [0.5, 0.6) is 5.75 Å². The predicted molar refractivity (Wildman–Crippen MR) is 63.0 cm³/mol. The van der Waals surface area contributed by atoms with Crippen molar-refractivity contribution in [3.8, 4) is 5.75 Å². The summed E-state index contributed by atoms with van der Waals surface area (Å²) in [5.41, 5.74) is 0.485. The Hall–Kier alpha value is -1.38. The molecule has 0 amide bonds. The minimum Gasteiger partial charge on any atom is -0.462 e. The Labute approximate surface area is 100 Å². The molecule has 1 fully saturated rings. The van der Waals surface area contributed by atoms with Crippen LogP contribution in [0, 0.1) is 11.6 Å². The predicted octanol–water partition coefficient (Wildman–Crippen LogP) is 4.53. The van der Waals surface area contributed by atoms with E-state index in [0.29, 0.717) is 5.56 Å². The van der Waals surface area contributed by atoms with E-state index in [1.807, 2.05) is 0 Å². The minimum absolute atomic E-state index is 0.0999. The molecule has 1 aliphatic rings. The maximum absolute atomic E-state index is 13.9. The molecule has 0 heterocycles. The zero-order valence-corrected chi connectivity index (χ0v) is 9.72. The molecule has 0 atom stereocenters. The first-order valence-electron chi connectivity index (χ1n) is 5.99. The van der Waals surface area contributed by atoms with E-state index in [9.17, 15) is 8.78 Å². The smallest absolute Gasteiger partial charge is 0.201 e. The van der Waals surface area contributed by atoms with Gasteiger partial charge in [-0.15, -0.1) is 0 Å². The van der Waals surface area contributed by atoms with Crippen LogP contribution in [0.1, 0.15) is 43.6 Å². The van der Waals surface area contributed by atoms with Gasteiger partial charge in [-0.2, -0.15) is 4.39 Å². The van der Waals surface area contributed by atoms with E-state index in [2.05, 4.69) is 6.58 Å². The van der Waals surface area contributed by atoms with Crippen LogP contribution in [0.3, 0.4) is 0 Å². The monoisotopic (exact) mass is 238 g/mol. The number of rotatable bonds is 3. The summed E-state index contributed by atoms with van der Waals surface area (Å²) in [5.74, 6) is -1.63. The van der Waals surface area contributed by atoms with Crippen molar-refractivity contribution >= 4 is 0 Å². The van der Waals surface area contributed by atoms with Gasteiger partial charge in [0.2, 0.25) is 5.82 Å². The third kappa shape index (κ3) is 2.48. The fourth-order valence-corrected chi connectivity index (χ4v) is 2.46. The third-order valence-corrected chi connectivity index (χ3v) is 3.33. The van der Waals surface area contributed by atoms with Gasteiger partial charge in [-0.1, -0.05) is 31.9 Å². The number of ether oxygens (including phenoxy) is 1. The third-order valence-electron chi connectivity index (χ3n) is 3.33. The summed E-state index contributed by atoms with van der Waals surface area (Å²) in [6, 6.07) is 3.11. The van der Waals surface area contributed by atoms with Crippen molar-refractivity contribution < 1.29 is 13.5 Å². The molecule has 0 bridgehead atoms. The highest BCUT2D eigenvalue weighted by Crippen LogP contribution is 2.36. The molecule has 0 N–H and O–H groups in total. The molecule has 0 aromatic heterocycles. The molecule has 2 rings (SSSR count). The average Bonchev–Trinajstić information content (AvgIpc) is 2.36. The van der Waals surface area contributed by atoms with Crippen molar-refractivity contribution in [3.63, 3.8) is 0 Å². The van der Waals surface area contributed by atoms with Gasteiger partial charge >= 0.3 is 0 Å². The Kier molecular flexibility index (Phi) is 3.77. The van der Waals surface area contributed by atoms with Gasteiger partial charge in [0.05, 0.1) is 6.26 Å². The van der Waals surface area contributed by atoms with Crippen LogP contribution < -0.4 is 4.74 Å². The molecule has 0 spiro atoms. The maximum Gasteiger partial charge on any atom is 0.201 e. The largest absolute Gasteiger partial charge is 0.462 e. The van der Waals surface area contributed by atoms with Crippen LogP contribution in [-0.4, -0.2) is 0 Å². The lowest BCUT2D eigenvalue weighted by Gasteiger charge is -2.22. The Morgan fingerprint density at radius 2 is 1.82 bits per heavy atom. The van der Waals surface area contributed by atoms with Gasteiger partial charge in [0.1, 0.15) is 0 Å². The van der Waals surface area contributed by atoms with E-state index in [-0.39, 0.29) is 11.7 Å². The molecule has 1 aromatic carbocycles. The highest BCUT2D eigenvalue weighted by atomic mass is 19.2. The molecule has 1 nitrogen and oxygen atoms in total. The second-order valence-corrected chi connectivity index (χ2v) is 4.40. The van der Waals surface area contributed by atoms with Crippen molar-refractivity contribution in [2.75, 3.05) is 0 Å². The minimum atomic E-state index is -0.909. The van der Waals surface area contributed by atoms with Crippen molar-refractivity contribution in [2.24, 2.45) is 0 Å². The van der Waals surface area contributed by atoms with E-state index in [4.69, 9.17) is 4.74 Å². The second-order valence-electron chi connectivity index (χ2n) is 4.40. The summed E-state index contributed by atoms with van der Waals surface area (Å²) in [6.45, 7) is 3.33. The Bertz CT molecular complexity index is 409. The van der Waals surface area contributed by atoms with E-state index in [1.54, 1.807) is 6.07 Å². The lowest BCUT2D eigenvalue weighted by atomic mass is 9.84. The second kappa shape index (κ2) is 5.30. The fraction of sp³-hybridized carbons (Fsp3) is 0.429. The highest BCUT2D eigenvalue weighted by Gasteiger charge is 2.22. The molecular weight excluding hydrogens is 222 g/mol. The van der Waals surface area contributed by atoms with E-state index in [1.165, 1.54) is 12.5 Å². The van der Waals surface area contributed by atoms with Crippen LogP contribution in [-0.2, 0) is 0 Å². The molecule has 0 aliphatic heterocycles. The Morgan fingerprint density at radius 1 is 1.12 bits per heavy atom. The van der Waals surface area contributed by atoms with Gasteiger partial charge in [0.25, 0.3) is 0 Å². The Balaban J connectivity index is 2.29. The van der Waals surface area contributed by atoms with E-state index >= 15 is 0 Å². The van der Waals surface area contributed by atoms with Crippen molar-refractivity contribution in [1.29, 1.82) is 0 Å². The SMILES string of the molecule is C=COc1ccc(C2CCCCC2)c(F)c1F. The maximum atomic E-state index is 13.9. The molecule has 1 aliphatic carbocycles. The van der Waals surface area contributed by atoms with Crippen molar-refractivity contribution in [1.82, 2.24) is 0 Å². The summed E-state index contributed by atoms with van der Waals surface area (Å²) in [4.78, 5) is 0. The van der Waals surface area contributed by atoms with Gasteiger partial charge in [-0.05, 0) is 30.4 Å². The summed E-state index contributed by atoms with van der Waals surface area (Å²) >= 11 is 0. The number of benzene rings is 1. The van der Waals surface area contributed by atoms with E-state index in [0.717, 1.165) is 31.9 Å². The van der Waals surface area contributed by atoms with Crippen LogP contribution in [0.2, 0.25) is 0 Å². The summed E-state index contributed by atoms with van der Waals surface area (Å²) < 4.78 is 32.3. The van der Waals surface area contributed by atoms with Crippen LogP contribution in [0.15, 0.2) is 25.0 Å². The van der Waals surface area contributed by atoms with Gasteiger partial charge in [-0.25, -0.2) is 4.39 Å². The average molecular weight is 238 g/mol. The van der Waals surface area contributed by atoms with Crippen molar-refractivity contribution in [2.45, 2.75) is 38.0 Å². The Morgan fingerprint density at radius 3 is 2.47 bits per heavy atom. The first-order chi connectivity index (χ1) is 8.24. The summed E-state index contributed by atoms with van der Waals surface area (Å²) in [6.07, 6.45) is 6.36. The number of hydrogen-bond acceptors (Lipinski definition) is 1. The van der Waals surface area contributed by atoms with Crippen molar-refractivity contribution in [3.05, 3.63) is 42.2 Å². The molecule has 92 valence electrons. The quantitative estimate of drug-likeness (QED) is 0.703. The van der Waals surface area contributed by atoms with Crippen LogP contribution >= 0.6 is 0 Å². The molecule has 1 aromatic rings. The van der Waals surface area contributed by atoms with Crippen LogP contribution in [0.4, 0.5) is 8.78 Å². The number of hydrogen-bond donors (Lipinski definition) is 0. The lowest BCUT2D eigenvalue weighted by Crippen LogP contribution is -2.08. The molecule has 0 unspecified atom stereocenters. The number of halogens is 2. The molecule has 3 heteroatoms. The molecule has 0 radical (unpaired) electrons. The van der Waals surface area contributed by atoms with Crippen LogP contribution in [0.25, 0.3) is 0 Å². The standard InChI is InChI=1S/C14H16F2O/c1-2-17-12-9-8-11(13(15)14(12)16)10-6-4-3-5-7-10/h2,8-10H,1,3-7H2. The molecule has 1 saturated carbocycles. The van der Waals surface area contributed by atoms with Gasteiger partial charge < -0.3 is 4.74 Å². The topological polar surface area (TPSA) is 9.23 Å².